The van der Waals surface area contributed by atoms with E-state index in [4.69, 9.17) is 4.74 Å². The van der Waals surface area contributed by atoms with Crippen LogP contribution in [-0.4, -0.2) is 111 Å². The topological polar surface area (TPSA) is 142 Å². The smallest absolute Gasteiger partial charge is 0.248 e. The molecule has 2 N–H and O–H groups in total. The van der Waals surface area contributed by atoms with Crippen molar-refractivity contribution in [2.45, 2.75) is 83.0 Å². The summed E-state index contributed by atoms with van der Waals surface area (Å²) in [5, 5.41) is 22.4. The molecule has 5 heterocycles. The van der Waals surface area contributed by atoms with E-state index < -0.39 is 23.6 Å². The van der Waals surface area contributed by atoms with Crippen LogP contribution in [0.1, 0.15) is 70.5 Å². The van der Waals surface area contributed by atoms with Crippen LogP contribution in [0.3, 0.4) is 0 Å². The number of anilines is 2. The number of piperidine rings is 1. The van der Waals surface area contributed by atoms with Crippen molar-refractivity contribution < 1.29 is 19.4 Å². The highest BCUT2D eigenvalue weighted by Gasteiger charge is 2.46. The van der Waals surface area contributed by atoms with Crippen molar-refractivity contribution in [2.24, 2.45) is 5.41 Å². The van der Waals surface area contributed by atoms with Gasteiger partial charge in [0.15, 0.2) is 0 Å². The molecule has 6 rings (SSSR count). The first-order valence-electron chi connectivity index (χ1n) is 15.3. The van der Waals surface area contributed by atoms with Gasteiger partial charge in [0.05, 0.1) is 25.0 Å². The highest BCUT2D eigenvalue weighted by atomic mass is 16.5. The predicted octanol–water partition coefficient (Wildman–Crippen LogP) is 1.12. The number of nitrogens with one attached hydrogen (secondary N) is 1. The lowest BCUT2D eigenvalue weighted by Gasteiger charge is -2.37. The van der Waals surface area contributed by atoms with Gasteiger partial charge in [-0.05, 0) is 31.1 Å². The number of carbonyl (C=O) groups excluding carboxylic acids is 2. The molecule has 0 aromatic carbocycles. The van der Waals surface area contributed by atoms with Gasteiger partial charge in [0, 0.05) is 63.4 Å². The number of ether oxygens (including phenoxy) is 1. The van der Waals surface area contributed by atoms with Gasteiger partial charge in [-0.1, -0.05) is 26.0 Å². The highest BCUT2D eigenvalue weighted by molar-refractivity contribution is 5.90. The molecule has 42 heavy (non-hydrogen) atoms. The normalized spacial score (nSPS) is 25.9. The third-order valence-corrected chi connectivity index (χ3v) is 8.77. The van der Waals surface area contributed by atoms with Gasteiger partial charge in [0.2, 0.25) is 11.8 Å². The number of aliphatic hydroxyl groups excluding tert-OH is 1. The van der Waals surface area contributed by atoms with Crippen LogP contribution in [0, 0.1) is 5.41 Å². The van der Waals surface area contributed by atoms with E-state index in [1.165, 1.54) is 0 Å². The minimum Gasteiger partial charge on any atom is -0.391 e. The second-order valence-corrected chi connectivity index (χ2v) is 13.2. The summed E-state index contributed by atoms with van der Waals surface area (Å²) in [6.45, 7) is 10.5. The Morgan fingerprint density at radius 3 is 2.50 bits per heavy atom. The zero-order valence-corrected chi connectivity index (χ0v) is 24.9. The Balaban J connectivity index is 1.13. The van der Waals surface area contributed by atoms with Crippen LogP contribution in [0.5, 0.6) is 0 Å². The summed E-state index contributed by atoms with van der Waals surface area (Å²) in [5.41, 5.74) is 0.442. The molecule has 0 spiro atoms. The Bertz CT molecular complexity index is 1270. The third-order valence-electron chi connectivity index (χ3n) is 8.77. The van der Waals surface area contributed by atoms with E-state index in [2.05, 4.69) is 35.4 Å². The number of hydrogen-bond acceptors (Lipinski definition) is 10. The Kier molecular flexibility index (Phi) is 8.05. The number of nitrogens with zero attached hydrogens (tertiary/aromatic N) is 8. The Hall–Kier alpha value is -3.32. The van der Waals surface area contributed by atoms with Crippen molar-refractivity contribution >= 4 is 23.5 Å². The van der Waals surface area contributed by atoms with Gasteiger partial charge in [0.1, 0.15) is 30.0 Å². The molecule has 4 aliphatic rings. The van der Waals surface area contributed by atoms with Crippen LogP contribution in [0.2, 0.25) is 0 Å². The van der Waals surface area contributed by atoms with Crippen LogP contribution in [-0.2, 0) is 14.3 Å². The fraction of sp³-hybridized carbons (Fsp3) is 0.724. The third kappa shape index (κ3) is 6.22. The van der Waals surface area contributed by atoms with Gasteiger partial charge < -0.3 is 29.9 Å². The van der Waals surface area contributed by atoms with E-state index >= 15 is 0 Å². The summed E-state index contributed by atoms with van der Waals surface area (Å²) in [6, 6.07) is 0.527. The van der Waals surface area contributed by atoms with Crippen LogP contribution >= 0.6 is 0 Å². The van der Waals surface area contributed by atoms with Gasteiger partial charge in [-0.3, -0.25) is 9.59 Å². The van der Waals surface area contributed by atoms with Crippen LogP contribution < -0.4 is 15.1 Å². The van der Waals surface area contributed by atoms with Crippen LogP contribution in [0.25, 0.3) is 0 Å². The van der Waals surface area contributed by atoms with Crippen LogP contribution in [0.15, 0.2) is 18.6 Å². The van der Waals surface area contributed by atoms with Gasteiger partial charge in [-0.15, -0.1) is 5.10 Å². The molecule has 228 valence electrons. The Morgan fingerprint density at radius 2 is 1.79 bits per heavy atom. The zero-order chi connectivity index (χ0) is 29.4. The number of β-amino-alcohol motifs (C(OH)–C–C–N with tert-alkyl or cyclic N) is 1. The maximum atomic E-state index is 14.1. The van der Waals surface area contributed by atoms with E-state index in [1.807, 2.05) is 33.0 Å². The number of rotatable bonds is 7. The molecule has 3 unspecified atom stereocenters. The van der Waals surface area contributed by atoms with Crippen molar-refractivity contribution in [3.8, 4) is 0 Å². The molecule has 2 aromatic heterocycles. The first-order chi connectivity index (χ1) is 20.2. The molecule has 1 aliphatic carbocycles. The predicted molar refractivity (Wildman–Crippen MR) is 155 cm³/mol. The number of likely N-dealkylation sites (tertiary alicyclic amines) is 1. The van der Waals surface area contributed by atoms with Crippen molar-refractivity contribution in [1.82, 2.24) is 35.2 Å². The molecule has 0 bridgehead atoms. The number of hydrogen-bond donors (Lipinski definition) is 2. The van der Waals surface area contributed by atoms with Gasteiger partial charge in [-0.2, -0.15) is 0 Å². The average Bonchev–Trinajstić information content (AvgIpc) is 3.59. The van der Waals surface area contributed by atoms with Gasteiger partial charge in [-0.25, -0.2) is 14.6 Å². The lowest BCUT2D eigenvalue weighted by Crippen LogP contribution is -2.55. The molecular formula is C29H43N9O4. The lowest BCUT2D eigenvalue weighted by atomic mass is 9.85. The number of carbonyl (C=O) groups is 2. The standard InChI is InChI=1S/C29H43N9O4/c1-29(2,3)26(38-17-22(33-34-38)19-6-7-19)28(41)37-16-21(39)13-23(37)27(40)32-20-5-4-8-36(15-20)25-14-24(30-18-31-25)35-9-11-42-12-10-35/h14,17-21,23,26,39H,4-13,15-16H2,1-3H3,(H,32,40)/t20?,21?,23?,26-/m1/s1. The summed E-state index contributed by atoms with van der Waals surface area (Å²) < 4.78 is 7.12. The SMILES string of the molecule is CC(C)(C)[C@@H](C(=O)N1CC(O)CC1C(=O)NC1CCCN(c2cc(N3CCOCC3)ncn2)C1)n1cc(C2CC2)nn1. The maximum Gasteiger partial charge on any atom is 0.248 e. The van der Waals surface area contributed by atoms with E-state index in [-0.39, 0.29) is 30.8 Å². The largest absolute Gasteiger partial charge is 0.391 e. The van der Waals surface area contributed by atoms with Crippen LogP contribution in [0.4, 0.5) is 11.6 Å². The molecule has 13 nitrogen and oxygen atoms in total. The summed E-state index contributed by atoms with van der Waals surface area (Å²) in [6.07, 6.45) is 6.85. The van der Waals surface area contributed by atoms with Crippen molar-refractivity contribution in [3.05, 3.63) is 24.3 Å². The highest BCUT2D eigenvalue weighted by Crippen LogP contribution is 2.40. The van der Waals surface area contributed by atoms with Gasteiger partial charge >= 0.3 is 0 Å². The maximum absolute atomic E-state index is 14.1. The summed E-state index contributed by atoms with van der Waals surface area (Å²) in [4.78, 5) is 42.7. The Labute approximate surface area is 246 Å². The number of morpholine rings is 1. The summed E-state index contributed by atoms with van der Waals surface area (Å²) in [7, 11) is 0. The molecule has 4 atom stereocenters. The summed E-state index contributed by atoms with van der Waals surface area (Å²) >= 11 is 0. The molecule has 3 aliphatic heterocycles. The number of aliphatic hydroxyl groups is 1. The second kappa shape index (κ2) is 11.8. The number of amides is 2. The second-order valence-electron chi connectivity index (χ2n) is 13.2. The fourth-order valence-corrected chi connectivity index (χ4v) is 6.40. The quantitative estimate of drug-likeness (QED) is 0.488. The zero-order valence-electron chi connectivity index (χ0n) is 24.9. The molecule has 4 fully saturated rings. The molecule has 13 heteroatoms. The lowest BCUT2D eigenvalue weighted by molar-refractivity contribution is -0.144. The summed E-state index contributed by atoms with van der Waals surface area (Å²) in [5.74, 6) is 1.70. The molecule has 0 radical (unpaired) electrons. The van der Waals surface area contributed by atoms with E-state index in [0.29, 0.717) is 25.7 Å². The molecular weight excluding hydrogens is 538 g/mol. The van der Waals surface area contributed by atoms with E-state index in [0.717, 1.165) is 62.6 Å². The minimum atomic E-state index is -0.759. The van der Waals surface area contributed by atoms with E-state index in [1.54, 1.807) is 15.9 Å². The number of aromatic nitrogens is 5. The average molecular weight is 582 g/mol. The van der Waals surface area contributed by atoms with Crippen molar-refractivity contribution in [2.75, 3.05) is 55.7 Å². The van der Waals surface area contributed by atoms with Gasteiger partial charge in [0.25, 0.3) is 0 Å². The molecule has 2 aromatic rings. The molecule has 2 amide bonds. The first-order valence-corrected chi connectivity index (χ1v) is 15.3. The minimum absolute atomic E-state index is 0.0995. The first kappa shape index (κ1) is 28.8. The fourth-order valence-electron chi connectivity index (χ4n) is 6.40. The molecule has 3 saturated heterocycles. The van der Waals surface area contributed by atoms with E-state index in [9.17, 15) is 14.7 Å². The Morgan fingerprint density at radius 1 is 1.05 bits per heavy atom. The monoisotopic (exact) mass is 581 g/mol. The van der Waals surface area contributed by atoms with Crippen molar-refractivity contribution in [1.29, 1.82) is 0 Å². The molecule has 1 saturated carbocycles. The van der Waals surface area contributed by atoms with Crippen molar-refractivity contribution in [3.63, 3.8) is 0 Å².